The Morgan fingerprint density at radius 3 is 2.27 bits per heavy atom. The van der Waals surface area contributed by atoms with Crippen molar-refractivity contribution in [1.82, 2.24) is 0 Å². The van der Waals surface area contributed by atoms with Gasteiger partial charge in [0.1, 0.15) is 0 Å². The molecule has 0 spiro atoms. The Morgan fingerprint density at radius 2 is 1.73 bits per heavy atom. The van der Waals surface area contributed by atoms with Gasteiger partial charge < -0.3 is 15.0 Å². The van der Waals surface area contributed by atoms with Crippen LogP contribution in [-0.4, -0.2) is 31.6 Å². The van der Waals surface area contributed by atoms with Crippen LogP contribution >= 0.6 is 0 Å². The van der Waals surface area contributed by atoms with Crippen LogP contribution in [0.3, 0.4) is 0 Å². The number of rotatable bonds is 7. The number of nitriles is 1. The molecule has 0 saturated carbocycles. The third-order valence-electron chi connectivity index (χ3n) is 4.29. The van der Waals surface area contributed by atoms with Gasteiger partial charge in [0, 0.05) is 13.1 Å². The van der Waals surface area contributed by atoms with E-state index in [1.165, 1.54) is 30.3 Å². The number of halogens is 3. The number of hydrogen-bond donors (Lipinski definition) is 1. The number of ether oxygens (including phenoxy) is 1. The summed E-state index contributed by atoms with van der Waals surface area (Å²) in [6.07, 6.45) is -4.57. The molecule has 0 aromatic heterocycles. The molecule has 0 aliphatic carbocycles. The molecule has 2 aromatic rings. The normalized spacial score (nSPS) is 10.8. The standard InChI is InChI=1S/C21H20F3N3O3/c1-3-27(4-2)18-10-9-16(21(22,23)24)11-17(18)26-19(28)13-30-20(29)15-7-5-14(12-25)6-8-15/h5-11H,3-4,13H2,1-2H3,(H,26,28). The summed E-state index contributed by atoms with van der Waals surface area (Å²) < 4.78 is 44.2. The lowest BCUT2D eigenvalue weighted by atomic mass is 10.1. The van der Waals surface area contributed by atoms with Crippen molar-refractivity contribution >= 4 is 23.3 Å². The maximum Gasteiger partial charge on any atom is 0.416 e. The minimum absolute atomic E-state index is 0.0204. The van der Waals surface area contributed by atoms with Gasteiger partial charge in [0.15, 0.2) is 6.61 Å². The van der Waals surface area contributed by atoms with E-state index in [1.54, 1.807) is 4.90 Å². The Bertz CT molecular complexity index is 947. The quantitative estimate of drug-likeness (QED) is 0.680. The summed E-state index contributed by atoms with van der Waals surface area (Å²) >= 11 is 0. The molecule has 30 heavy (non-hydrogen) atoms. The molecule has 2 rings (SSSR count). The van der Waals surface area contributed by atoms with Crippen LogP contribution in [0.1, 0.15) is 35.3 Å². The first-order valence-corrected chi connectivity index (χ1v) is 9.12. The predicted molar refractivity (Wildman–Crippen MR) is 105 cm³/mol. The molecular formula is C21H20F3N3O3. The first-order chi connectivity index (χ1) is 14.2. The van der Waals surface area contributed by atoms with Crippen LogP contribution in [0.4, 0.5) is 24.5 Å². The zero-order valence-corrected chi connectivity index (χ0v) is 16.4. The molecule has 6 nitrogen and oxygen atoms in total. The second kappa shape index (κ2) is 9.78. The molecule has 0 saturated heterocycles. The molecule has 0 aliphatic heterocycles. The van der Waals surface area contributed by atoms with E-state index in [0.717, 1.165) is 12.1 Å². The highest BCUT2D eigenvalue weighted by molar-refractivity contribution is 5.97. The summed E-state index contributed by atoms with van der Waals surface area (Å²) in [6, 6.07) is 10.6. The lowest BCUT2D eigenvalue weighted by Gasteiger charge is -2.25. The van der Waals surface area contributed by atoms with Crippen molar-refractivity contribution in [3.63, 3.8) is 0 Å². The van der Waals surface area contributed by atoms with Gasteiger partial charge in [0.25, 0.3) is 5.91 Å². The van der Waals surface area contributed by atoms with Crippen molar-refractivity contribution in [2.45, 2.75) is 20.0 Å². The Morgan fingerprint density at radius 1 is 1.10 bits per heavy atom. The maximum absolute atomic E-state index is 13.1. The van der Waals surface area contributed by atoms with Crippen LogP contribution in [0.2, 0.25) is 0 Å². The highest BCUT2D eigenvalue weighted by Crippen LogP contribution is 2.35. The van der Waals surface area contributed by atoms with Gasteiger partial charge >= 0.3 is 12.1 Å². The van der Waals surface area contributed by atoms with Crippen molar-refractivity contribution < 1.29 is 27.5 Å². The third-order valence-corrected chi connectivity index (χ3v) is 4.29. The number of benzene rings is 2. The van der Waals surface area contributed by atoms with Crippen LogP contribution in [0.25, 0.3) is 0 Å². The number of amides is 1. The van der Waals surface area contributed by atoms with Crippen molar-refractivity contribution in [2.24, 2.45) is 0 Å². The number of esters is 1. The molecule has 0 fully saturated rings. The highest BCUT2D eigenvalue weighted by Gasteiger charge is 2.31. The summed E-state index contributed by atoms with van der Waals surface area (Å²) in [5.41, 5.74) is 0.0125. The van der Waals surface area contributed by atoms with Crippen molar-refractivity contribution in [1.29, 1.82) is 5.26 Å². The number of anilines is 2. The van der Waals surface area contributed by atoms with Crippen LogP contribution in [0.5, 0.6) is 0 Å². The molecule has 0 atom stereocenters. The number of alkyl halides is 3. The minimum Gasteiger partial charge on any atom is -0.452 e. The summed E-state index contributed by atoms with van der Waals surface area (Å²) in [4.78, 5) is 26.0. The smallest absolute Gasteiger partial charge is 0.416 e. The van der Waals surface area contributed by atoms with Crippen molar-refractivity contribution in [3.8, 4) is 6.07 Å². The van der Waals surface area contributed by atoms with Crippen LogP contribution in [0.15, 0.2) is 42.5 Å². The van der Waals surface area contributed by atoms with Crippen molar-refractivity contribution in [3.05, 3.63) is 59.2 Å². The Labute approximate surface area is 171 Å². The van der Waals surface area contributed by atoms with Crippen LogP contribution in [0, 0.1) is 11.3 Å². The first-order valence-electron chi connectivity index (χ1n) is 9.12. The fourth-order valence-electron chi connectivity index (χ4n) is 2.73. The van der Waals surface area contributed by atoms with Gasteiger partial charge in [-0.3, -0.25) is 4.79 Å². The fourth-order valence-corrected chi connectivity index (χ4v) is 2.73. The van der Waals surface area contributed by atoms with E-state index < -0.39 is 30.2 Å². The molecule has 158 valence electrons. The molecule has 0 radical (unpaired) electrons. The minimum atomic E-state index is -4.57. The number of nitrogens with one attached hydrogen (secondary N) is 1. The molecule has 0 aliphatic rings. The molecule has 2 aromatic carbocycles. The molecule has 0 heterocycles. The van der Waals surface area contributed by atoms with Gasteiger partial charge in [0.05, 0.1) is 34.1 Å². The highest BCUT2D eigenvalue weighted by atomic mass is 19.4. The van der Waals surface area contributed by atoms with E-state index in [9.17, 15) is 22.8 Å². The zero-order valence-electron chi connectivity index (χ0n) is 16.4. The molecule has 0 bridgehead atoms. The fraction of sp³-hybridized carbons (Fsp3) is 0.286. The lowest BCUT2D eigenvalue weighted by molar-refractivity contribution is -0.137. The molecule has 9 heteroatoms. The van der Waals surface area contributed by atoms with E-state index in [-0.39, 0.29) is 11.3 Å². The number of nitrogens with zero attached hydrogens (tertiary/aromatic N) is 2. The largest absolute Gasteiger partial charge is 0.452 e. The summed E-state index contributed by atoms with van der Waals surface area (Å²) in [5, 5.41) is 11.2. The third kappa shape index (κ3) is 5.73. The molecule has 1 N–H and O–H groups in total. The Balaban J connectivity index is 2.13. The van der Waals surface area contributed by atoms with Crippen molar-refractivity contribution in [2.75, 3.05) is 29.9 Å². The van der Waals surface area contributed by atoms with Gasteiger partial charge in [-0.1, -0.05) is 0 Å². The average molecular weight is 419 g/mol. The van der Waals surface area contributed by atoms with Gasteiger partial charge in [0.2, 0.25) is 0 Å². The number of hydrogen-bond acceptors (Lipinski definition) is 5. The Hall–Kier alpha value is -3.54. The predicted octanol–water partition coefficient (Wildman–Crippen LogP) is 4.22. The van der Waals surface area contributed by atoms with E-state index in [0.29, 0.717) is 24.3 Å². The van der Waals surface area contributed by atoms with Crippen LogP contribution < -0.4 is 10.2 Å². The van der Waals surface area contributed by atoms with Gasteiger partial charge in [-0.15, -0.1) is 0 Å². The first kappa shape index (κ1) is 22.7. The number of carbonyl (C=O) groups is 2. The zero-order chi connectivity index (χ0) is 22.3. The van der Waals surface area contributed by atoms with Gasteiger partial charge in [-0.25, -0.2) is 4.79 Å². The van der Waals surface area contributed by atoms with E-state index in [2.05, 4.69) is 5.32 Å². The second-order valence-electron chi connectivity index (χ2n) is 6.22. The van der Waals surface area contributed by atoms with E-state index in [1.807, 2.05) is 19.9 Å². The topological polar surface area (TPSA) is 82.4 Å². The number of carbonyl (C=O) groups excluding carboxylic acids is 2. The summed E-state index contributed by atoms with van der Waals surface area (Å²) in [7, 11) is 0. The maximum atomic E-state index is 13.1. The monoisotopic (exact) mass is 419 g/mol. The summed E-state index contributed by atoms with van der Waals surface area (Å²) in [5.74, 6) is -1.56. The molecule has 0 unspecified atom stereocenters. The Kier molecular flexibility index (Phi) is 7.42. The SMILES string of the molecule is CCN(CC)c1ccc(C(F)(F)F)cc1NC(=O)COC(=O)c1ccc(C#N)cc1. The summed E-state index contributed by atoms with van der Waals surface area (Å²) in [6.45, 7) is 4.06. The van der Waals surface area contributed by atoms with E-state index in [4.69, 9.17) is 10.00 Å². The average Bonchev–Trinajstić information content (AvgIpc) is 2.73. The van der Waals surface area contributed by atoms with E-state index >= 15 is 0 Å². The molecular weight excluding hydrogens is 399 g/mol. The lowest BCUT2D eigenvalue weighted by Crippen LogP contribution is -2.26. The van der Waals surface area contributed by atoms with Crippen LogP contribution in [-0.2, 0) is 15.7 Å². The molecule has 1 amide bonds. The van der Waals surface area contributed by atoms with Gasteiger partial charge in [-0.2, -0.15) is 18.4 Å². The second-order valence-corrected chi connectivity index (χ2v) is 6.22. The van der Waals surface area contributed by atoms with Gasteiger partial charge in [-0.05, 0) is 56.3 Å².